The smallest absolute Gasteiger partial charge is 0.341 e. The number of benzene rings is 1. The largest absolute Gasteiger partial charge is 0.496 e. The second kappa shape index (κ2) is 8.31. The summed E-state index contributed by atoms with van der Waals surface area (Å²) in [7, 11) is 1.65. The van der Waals surface area contributed by atoms with Gasteiger partial charge in [0.15, 0.2) is 0 Å². The summed E-state index contributed by atoms with van der Waals surface area (Å²) in [6.07, 6.45) is 2.48. The molecular weight excluding hydrogens is 487 g/mol. The molecule has 2 heterocycles. The van der Waals surface area contributed by atoms with Crippen LogP contribution in [0.4, 0.5) is 11.8 Å². The first-order chi connectivity index (χ1) is 14.0. The van der Waals surface area contributed by atoms with E-state index in [9.17, 15) is 15.0 Å². The number of piperidine rings is 1. The Hall–Kier alpha value is -2.14. The van der Waals surface area contributed by atoms with Crippen LogP contribution in [0.1, 0.15) is 27.9 Å². The summed E-state index contributed by atoms with van der Waals surface area (Å²) in [5, 5.41) is 22.4. The molecule has 4 rings (SSSR count). The van der Waals surface area contributed by atoms with Gasteiger partial charge in [-0.15, -0.1) is 0 Å². The van der Waals surface area contributed by atoms with Crippen LogP contribution in [0.25, 0.3) is 0 Å². The number of aliphatic hydroxyl groups is 1. The van der Waals surface area contributed by atoms with Crippen LogP contribution < -0.4 is 15.0 Å². The third kappa shape index (κ3) is 3.97. The lowest BCUT2D eigenvalue weighted by Crippen LogP contribution is -2.37. The number of hydrogen-bond acceptors (Lipinski definition) is 7. The van der Waals surface area contributed by atoms with Crippen molar-refractivity contribution in [3.05, 3.63) is 41.1 Å². The Balaban J connectivity index is 1.56. The molecule has 1 aliphatic heterocycles. The molecule has 1 saturated carbocycles. The number of rotatable bonds is 8. The predicted molar refractivity (Wildman–Crippen MR) is 117 cm³/mol. The second-order valence-corrected chi connectivity index (χ2v) is 8.20. The second-order valence-electron chi connectivity index (χ2n) is 7.43. The van der Waals surface area contributed by atoms with E-state index in [1.165, 1.54) is 6.20 Å². The molecule has 9 heteroatoms. The van der Waals surface area contributed by atoms with E-state index in [4.69, 9.17) is 4.74 Å². The van der Waals surface area contributed by atoms with Gasteiger partial charge in [0.25, 0.3) is 0 Å². The zero-order valence-corrected chi connectivity index (χ0v) is 18.2. The number of anilines is 2. The van der Waals surface area contributed by atoms with Crippen molar-refractivity contribution >= 4 is 40.3 Å². The highest BCUT2D eigenvalue weighted by molar-refractivity contribution is 14.1. The third-order valence-corrected chi connectivity index (χ3v) is 6.52. The molecule has 0 amide bonds. The van der Waals surface area contributed by atoms with Crippen LogP contribution in [0.2, 0.25) is 0 Å². The molecule has 1 aliphatic carbocycles. The van der Waals surface area contributed by atoms with Gasteiger partial charge in [0, 0.05) is 29.3 Å². The average Bonchev–Trinajstić information content (AvgIpc) is 3.41. The van der Waals surface area contributed by atoms with E-state index in [0.717, 1.165) is 34.3 Å². The number of aliphatic hydroxyl groups excluding tert-OH is 1. The summed E-state index contributed by atoms with van der Waals surface area (Å²) in [6.45, 7) is 1.29. The number of nitrogens with zero attached hydrogens (tertiary/aromatic N) is 3. The number of carboxylic acid groups (broad SMARTS) is 1. The Kier molecular flexibility index (Phi) is 5.77. The van der Waals surface area contributed by atoms with E-state index in [2.05, 4.69) is 37.9 Å². The molecule has 1 aromatic carbocycles. The standard InChI is InChI=1S/C20H23IN4O4/c1-29-17-3-2-11(4-12(17)6-21)7-22-18-15(19(27)28)8-23-20(24-18)25-9-13-5-14(13)16(25)10-26/h2-4,8,13-14,16,26H,5-7,9-10H2,1H3,(H,27,28)(H,22,23,24). The van der Waals surface area contributed by atoms with Gasteiger partial charge in [-0.05, 0) is 36.0 Å². The van der Waals surface area contributed by atoms with Crippen LogP contribution in [0.15, 0.2) is 24.4 Å². The number of ether oxygens (including phenoxy) is 1. The molecule has 2 aromatic rings. The number of halogens is 1. The summed E-state index contributed by atoms with van der Waals surface area (Å²) in [6, 6.07) is 5.91. The number of carboxylic acids is 1. The lowest BCUT2D eigenvalue weighted by atomic mass is 10.1. The number of aromatic nitrogens is 2. The lowest BCUT2D eigenvalue weighted by molar-refractivity contribution is 0.0697. The third-order valence-electron chi connectivity index (χ3n) is 5.70. The Morgan fingerprint density at radius 2 is 2.28 bits per heavy atom. The summed E-state index contributed by atoms with van der Waals surface area (Å²) < 4.78 is 6.17. The minimum atomic E-state index is -1.08. The molecule has 3 atom stereocenters. The number of hydrogen-bond donors (Lipinski definition) is 3. The maximum absolute atomic E-state index is 11.6. The molecule has 29 heavy (non-hydrogen) atoms. The number of aromatic carboxylic acids is 1. The zero-order chi connectivity index (χ0) is 20.5. The van der Waals surface area contributed by atoms with Gasteiger partial charge in [-0.25, -0.2) is 9.78 Å². The van der Waals surface area contributed by atoms with Crippen molar-refractivity contribution in [2.45, 2.75) is 23.4 Å². The number of methoxy groups -OCH3 is 1. The Morgan fingerprint density at radius 3 is 2.97 bits per heavy atom. The van der Waals surface area contributed by atoms with Gasteiger partial charge in [-0.1, -0.05) is 28.7 Å². The molecule has 3 unspecified atom stereocenters. The molecule has 1 aromatic heterocycles. The van der Waals surface area contributed by atoms with Crippen LogP contribution >= 0.6 is 22.6 Å². The van der Waals surface area contributed by atoms with Crippen molar-refractivity contribution in [3.63, 3.8) is 0 Å². The quantitative estimate of drug-likeness (QED) is 0.368. The summed E-state index contributed by atoms with van der Waals surface area (Å²) in [5.74, 6) is 1.58. The molecule has 8 nitrogen and oxygen atoms in total. The number of alkyl halides is 1. The molecule has 154 valence electrons. The van der Waals surface area contributed by atoms with Crippen LogP contribution in [-0.2, 0) is 11.0 Å². The fourth-order valence-electron chi connectivity index (χ4n) is 4.07. The van der Waals surface area contributed by atoms with E-state index in [1.807, 2.05) is 23.1 Å². The summed E-state index contributed by atoms with van der Waals surface area (Å²) in [4.78, 5) is 22.4. The van der Waals surface area contributed by atoms with Crippen molar-refractivity contribution in [1.29, 1.82) is 0 Å². The molecule has 2 fully saturated rings. The minimum absolute atomic E-state index is 0.0105. The molecular formula is C20H23IN4O4. The fourth-order valence-corrected chi connectivity index (χ4v) is 4.67. The van der Waals surface area contributed by atoms with Crippen molar-refractivity contribution in [2.75, 3.05) is 30.5 Å². The molecule has 3 N–H and O–H groups in total. The lowest BCUT2D eigenvalue weighted by Gasteiger charge is -2.26. The maximum atomic E-state index is 11.6. The van der Waals surface area contributed by atoms with Gasteiger partial charge >= 0.3 is 5.97 Å². The van der Waals surface area contributed by atoms with Crippen molar-refractivity contribution < 1.29 is 19.7 Å². The van der Waals surface area contributed by atoms with E-state index in [0.29, 0.717) is 24.3 Å². The first kappa shape index (κ1) is 20.1. The highest BCUT2D eigenvalue weighted by atomic mass is 127. The van der Waals surface area contributed by atoms with Crippen LogP contribution in [0, 0.1) is 11.8 Å². The molecule has 0 bridgehead atoms. The Bertz CT molecular complexity index is 925. The van der Waals surface area contributed by atoms with Gasteiger partial charge in [0.2, 0.25) is 5.95 Å². The zero-order valence-electron chi connectivity index (χ0n) is 16.0. The Labute approximate surface area is 182 Å². The molecule has 1 saturated heterocycles. The number of fused-ring (bicyclic) bond motifs is 1. The monoisotopic (exact) mass is 510 g/mol. The number of carbonyl (C=O) groups is 1. The highest BCUT2D eigenvalue weighted by Crippen LogP contribution is 2.50. The van der Waals surface area contributed by atoms with E-state index < -0.39 is 5.97 Å². The SMILES string of the molecule is COc1ccc(CNc2nc(N3CC4CC4C3CO)ncc2C(=O)O)cc1CI. The highest BCUT2D eigenvalue weighted by Gasteiger charge is 2.53. The first-order valence-electron chi connectivity index (χ1n) is 9.49. The van der Waals surface area contributed by atoms with Gasteiger partial charge in [-0.2, -0.15) is 4.98 Å². The average molecular weight is 510 g/mol. The normalized spacial score (nSPS) is 22.3. The minimum Gasteiger partial charge on any atom is -0.496 e. The van der Waals surface area contributed by atoms with Gasteiger partial charge < -0.3 is 25.2 Å². The van der Waals surface area contributed by atoms with Crippen molar-refractivity contribution in [2.24, 2.45) is 11.8 Å². The van der Waals surface area contributed by atoms with Gasteiger partial charge in [-0.3, -0.25) is 0 Å². The Morgan fingerprint density at radius 1 is 1.45 bits per heavy atom. The maximum Gasteiger partial charge on any atom is 0.341 e. The van der Waals surface area contributed by atoms with Gasteiger partial charge in [0.1, 0.15) is 17.1 Å². The predicted octanol–water partition coefficient (Wildman–Crippen LogP) is 2.55. The van der Waals surface area contributed by atoms with Crippen molar-refractivity contribution in [3.8, 4) is 5.75 Å². The fraction of sp³-hybridized carbons (Fsp3) is 0.450. The van der Waals surface area contributed by atoms with Crippen molar-refractivity contribution in [1.82, 2.24) is 9.97 Å². The van der Waals surface area contributed by atoms with Crippen LogP contribution in [0.5, 0.6) is 5.75 Å². The summed E-state index contributed by atoms with van der Waals surface area (Å²) in [5.41, 5.74) is 2.11. The van der Waals surface area contributed by atoms with E-state index in [1.54, 1.807) is 7.11 Å². The molecule has 2 aliphatic rings. The first-order valence-corrected chi connectivity index (χ1v) is 11.0. The molecule has 0 spiro atoms. The van der Waals surface area contributed by atoms with Gasteiger partial charge in [0.05, 0.1) is 19.8 Å². The number of nitrogens with one attached hydrogen (secondary N) is 1. The van der Waals surface area contributed by atoms with E-state index in [-0.39, 0.29) is 24.0 Å². The van der Waals surface area contributed by atoms with E-state index >= 15 is 0 Å². The van der Waals surface area contributed by atoms with Crippen LogP contribution in [0.3, 0.4) is 0 Å². The summed E-state index contributed by atoms with van der Waals surface area (Å²) >= 11 is 2.28. The molecule has 0 radical (unpaired) electrons. The van der Waals surface area contributed by atoms with Crippen LogP contribution in [-0.4, -0.2) is 52.5 Å². The topological polar surface area (TPSA) is 108 Å².